The summed E-state index contributed by atoms with van der Waals surface area (Å²) in [4.78, 5) is 12.3. The maximum atomic E-state index is 13.0. The predicted octanol–water partition coefficient (Wildman–Crippen LogP) is 2.83. The van der Waals surface area contributed by atoms with Gasteiger partial charge in [0.2, 0.25) is 11.1 Å². The lowest BCUT2D eigenvalue weighted by Gasteiger charge is -2.34. The third kappa shape index (κ3) is 4.17. The number of rotatable bonds is 5. The van der Waals surface area contributed by atoms with Gasteiger partial charge in [-0.25, -0.2) is 9.07 Å². The van der Waals surface area contributed by atoms with Crippen LogP contribution in [0.1, 0.15) is 33.1 Å². The number of aromatic nitrogens is 3. The minimum Gasteiger partial charge on any atom is -0.352 e. The predicted molar refractivity (Wildman–Crippen MR) is 100 cm³/mol. The van der Waals surface area contributed by atoms with E-state index in [0.717, 1.165) is 12.8 Å². The van der Waals surface area contributed by atoms with Crippen LogP contribution in [0.3, 0.4) is 0 Å². The molecule has 1 heterocycles. The van der Waals surface area contributed by atoms with Crippen molar-refractivity contribution < 1.29 is 9.18 Å². The first kappa shape index (κ1) is 18.7. The number of nitrogens with one attached hydrogen (secondary N) is 1. The molecule has 26 heavy (non-hydrogen) atoms. The lowest BCUT2D eigenvalue weighted by Crippen LogP contribution is -2.44. The Morgan fingerprint density at radius 2 is 2.04 bits per heavy atom. The van der Waals surface area contributed by atoms with Crippen molar-refractivity contribution in [3.8, 4) is 11.4 Å². The van der Waals surface area contributed by atoms with Crippen molar-refractivity contribution >= 4 is 17.7 Å². The van der Waals surface area contributed by atoms with E-state index in [4.69, 9.17) is 5.84 Å². The Balaban J connectivity index is 1.58. The van der Waals surface area contributed by atoms with Gasteiger partial charge in [0.05, 0.1) is 5.75 Å². The van der Waals surface area contributed by atoms with Gasteiger partial charge in [0.15, 0.2) is 5.82 Å². The molecule has 8 heteroatoms. The van der Waals surface area contributed by atoms with E-state index in [0.29, 0.717) is 28.4 Å². The largest absolute Gasteiger partial charge is 0.352 e. The minimum atomic E-state index is -0.325. The second kappa shape index (κ2) is 8.07. The van der Waals surface area contributed by atoms with Crippen LogP contribution in [0.15, 0.2) is 29.4 Å². The Morgan fingerprint density at radius 3 is 2.77 bits per heavy atom. The molecule has 2 aromatic rings. The van der Waals surface area contributed by atoms with E-state index in [-0.39, 0.29) is 23.5 Å². The summed E-state index contributed by atoms with van der Waals surface area (Å²) in [5, 5.41) is 11.7. The summed E-state index contributed by atoms with van der Waals surface area (Å²) in [6.45, 7) is 4.44. The Labute approximate surface area is 156 Å². The zero-order chi connectivity index (χ0) is 18.7. The lowest BCUT2D eigenvalue weighted by atomic mass is 9.78. The number of thioether (sulfide) groups is 1. The number of amides is 1. The molecule has 0 saturated heterocycles. The molecular formula is C18H24FN5OS. The highest BCUT2D eigenvalue weighted by Crippen LogP contribution is 2.29. The van der Waals surface area contributed by atoms with Crippen LogP contribution in [0, 0.1) is 17.7 Å². The molecule has 3 N–H and O–H groups in total. The summed E-state index contributed by atoms with van der Waals surface area (Å²) in [7, 11) is 0. The highest BCUT2D eigenvalue weighted by atomic mass is 32.2. The molecule has 6 nitrogen and oxygen atoms in total. The maximum absolute atomic E-state index is 13.0. The normalized spacial score (nSPS) is 23.0. The van der Waals surface area contributed by atoms with E-state index in [2.05, 4.69) is 29.4 Å². The number of nitrogen functional groups attached to an aromatic ring is 1. The van der Waals surface area contributed by atoms with Crippen molar-refractivity contribution in [2.75, 3.05) is 11.6 Å². The molecule has 1 aromatic heterocycles. The molecule has 3 unspecified atom stereocenters. The molecule has 1 fully saturated rings. The quantitative estimate of drug-likeness (QED) is 0.618. The summed E-state index contributed by atoms with van der Waals surface area (Å²) in [5.41, 5.74) is 0.669. The topological polar surface area (TPSA) is 85.8 Å². The van der Waals surface area contributed by atoms with Gasteiger partial charge in [0, 0.05) is 11.6 Å². The number of hydrogen-bond acceptors (Lipinski definition) is 5. The van der Waals surface area contributed by atoms with Crippen molar-refractivity contribution in [3.63, 3.8) is 0 Å². The molecule has 0 spiro atoms. The SMILES string of the molecule is CC1CCCC(NC(=O)CSc2nnc(-c3ccc(F)cc3)n2N)C1C. The van der Waals surface area contributed by atoms with Crippen LogP contribution in [-0.4, -0.2) is 32.6 Å². The molecule has 1 aliphatic rings. The summed E-state index contributed by atoms with van der Waals surface area (Å²) in [6.07, 6.45) is 3.41. The van der Waals surface area contributed by atoms with Gasteiger partial charge in [-0.1, -0.05) is 38.5 Å². The van der Waals surface area contributed by atoms with Gasteiger partial charge >= 0.3 is 0 Å². The fraction of sp³-hybridized carbons (Fsp3) is 0.500. The zero-order valence-corrected chi connectivity index (χ0v) is 15.8. The molecule has 1 aromatic carbocycles. The number of carbonyl (C=O) groups is 1. The summed E-state index contributed by atoms with van der Waals surface area (Å²) in [6, 6.07) is 6.11. The third-order valence-electron chi connectivity index (χ3n) is 5.15. The number of nitrogens with zero attached hydrogens (tertiary/aromatic N) is 3. The first-order valence-electron chi connectivity index (χ1n) is 8.84. The first-order valence-corrected chi connectivity index (χ1v) is 9.83. The Kier molecular flexibility index (Phi) is 5.80. The highest BCUT2D eigenvalue weighted by Gasteiger charge is 2.28. The second-order valence-electron chi connectivity index (χ2n) is 6.91. The molecule has 3 atom stereocenters. The first-order chi connectivity index (χ1) is 12.5. The van der Waals surface area contributed by atoms with Crippen molar-refractivity contribution in [3.05, 3.63) is 30.1 Å². The fourth-order valence-electron chi connectivity index (χ4n) is 3.34. The number of nitrogens with two attached hydrogens (primary N) is 1. The summed E-state index contributed by atoms with van der Waals surface area (Å²) >= 11 is 1.24. The van der Waals surface area contributed by atoms with E-state index in [1.807, 2.05) is 0 Å². The van der Waals surface area contributed by atoms with Gasteiger partial charge in [-0.05, 0) is 42.5 Å². The van der Waals surface area contributed by atoms with Gasteiger partial charge in [-0.2, -0.15) is 0 Å². The third-order valence-corrected chi connectivity index (χ3v) is 6.10. The Hall–Kier alpha value is -2.09. The van der Waals surface area contributed by atoms with Gasteiger partial charge in [0.25, 0.3) is 0 Å². The highest BCUT2D eigenvalue weighted by molar-refractivity contribution is 7.99. The van der Waals surface area contributed by atoms with Crippen molar-refractivity contribution in [1.82, 2.24) is 20.2 Å². The molecule has 140 valence electrons. The van der Waals surface area contributed by atoms with Crippen molar-refractivity contribution in [2.45, 2.75) is 44.3 Å². The van der Waals surface area contributed by atoms with Crippen LogP contribution >= 0.6 is 11.8 Å². The van der Waals surface area contributed by atoms with Crippen LogP contribution in [0.5, 0.6) is 0 Å². The Morgan fingerprint density at radius 1 is 1.31 bits per heavy atom. The van der Waals surface area contributed by atoms with E-state index >= 15 is 0 Å². The molecule has 0 bridgehead atoms. The van der Waals surface area contributed by atoms with Gasteiger partial charge < -0.3 is 11.2 Å². The standard InChI is InChI=1S/C18H24FN5OS/c1-11-4-3-5-15(12(11)2)21-16(25)10-26-18-23-22-17(24(18)20)13-6-8-14(19)9-7-13/h6-9,11-12,15H,3-5,10,20H2,1-2H3,(H,21,25). The van der Waals surface area contributed by atoms with Crippen molar-refractivity contribution in [1.29, 1.82) is 0 Å². The molecular weight excluding hydrogens is 353 g/mol. The molecule has 0 radical (unpaired) electrons. The second-order valence-corrected chi connectivity index (χ2v) is 7.86. The van der Waals surface area contributed by atoms with Crippen LogP contribution in [0.4, 0.5) is 4.39 Å². The van der Waals surface area contributed by atoms with Crippen LogP contribution in [0.2, 0.25) is 0 Å². The molecule has 1 aliphatic carbocycles. The number of halogens is 1. The Bertz CT molecular complexity index is 763. The zero-order valence-electron chi connectivity index (χ0n) is 15.0. The number of hydrogen-bond donors (Lipinski definition) is 2. The summed E-state index contributed by atoms with van der Waals surface area (Å²) < 4.78 is 14.4. The fourth-order valence-corrected chi connectivity index (χ4v) is 4.00. The monoisotopic (exact) mass is 377 g/mol. The van der Waals surface area contributed by atoms with Gasteiger partial charge in [-0.3, -0.25) is 4.79 Å². The molecule has 3 rings (SSSR count). The van der Waals surface area contributed by atoms with Crippen LogP contribution in [0.25, 0.3) is 11.4 Å². The van der Waals surface area contributed by atoms with Gasteiger partial charge in [-0.15, -0.1) is 10.2 Å². The average Bonchev–Trinajstić information content (AvgIpc) is 2.99. The average molecular weight is 377 g/mol. The minimum absolute atomic E-state index is 0.0210. The van der Waals surface area contributed by atoms with E-state index in [1.54, 1.807) is 12.1 Å². The van der Waals surface area contributed by atoms with Crippen LogP contribution in [-0.2, 0) is 4.79 Å². The number of benzene rings is 1. The summed E-state index contributed by atoms with van der Waals surface area (Å²) in [5.74, 6) is 7.47. The molecule has 1 amide bonds. The maximum Gasteiger partial charge on any atom is 0.230 e. The van der Waals surface area contributed by atoms with Gasteiger partial charge in [0.1, 0.15) is 5.82 Å². The number of carbonyl (C=O) groups excluding carboxylic acids is 1. The molecule has 0 aliphatic heterocycles. The van der Waals surface area contributed by atoms with Crippen molar-refractivity contribution in [2.24, 2.45) is 11.8 Å². The van der Waals surface area contributed by atoms with E-state index in [9.17, 15) is 9.18 Å². The van der Waals surface area contributed by atoms with E-state index in [1.165, 1.54) is 35.0 Å². The lowest BCUT2D eigenvalue weighted by molar-refractivity contribution is -0.120. The molecule has 1 saturated carbocycles. The van der Waals surface area contributed by atoms with Crippen LogP contribution < -0.4 is 11.2 Å². The smallest absolute Gasteiger partial charge is 0.230 e. The van der Waals surface area contributed by atoms with E-state index < -0.39 is 0 Å².